The van der Waals surface area contributed by atoms with Gasteiger partial charge in [0.05, 0.1) is 17.8 Å². The van der Waals surface area contributed by atoms with E-state index in [-0.39, 0.29) is 5.92 Å². The quantitative estimate of drug-likeness (QED) is 0.783. The minimum Gasteiger partial charge on any atom is -0.481 e. The SMILES string of the molecule is CC(CCNc1ccc(C#N)nc1)C(=O)O. The first kappa shape index (κ1) is 12.0. The molecule has 1 atom stereocenters. The Morgan fingerprint density at radius 1 is 1.69 bits per heavy atom. The average molecular weight is 219 g/mol. The molecule has 0 aromatic carbocycles. The van der Waals surface area contributed by atoms with Gasteiger partial charge in [-0.05, 0) is 18.6 Å². The lowest BCUT2D eigenvalue weighted by Gasteiger charge is -2.08. The summed E-state index contributed by atoms with van der Waals surface area (Å²) in [5, 5.41) is 20.3. The van der Waals surface area contributed by atoms with Crippen LogP contribution in [-0.4, -0.2) is 22.6 Å². The van der Waals surface area contributed by atoms with Crippen molar-refractivity contribution in [3.8, 4) is 6.07 Å². The number of nitriles is 1. The van der Waals surface area contributed by atoms with Gasteiger partial charge in [-0.25, -0.2) is 4.98 Å². The van der Waals surface area contributed by atoms with Crippen molar-refractivity contribution in [3.63, 3.8) is 0 Å². The number of carboxylic acid groups (broad SMARTS) is 1. The van der Waals surface area contributed by atoms with Crippen LogP contribution in [0.3, 0.4) is 0 Å². The van der Waals surface area contributed by atoms with Crippen LogP contribution in [-0.2, 0) is 4.79 Å². The molecule has 84 valence electrons. The van der Waals surface area contributed by atoms with Gasteiger partial charge in [-0.3, -0.25) is 4.79 Å². The predicted molar refractivity (Wildman–Crippen MR) is 58.9 cm³/mol. The summed E-state index contributed by atoms with van der Waals surface area (Å²) in [6, 6.07) is 5.29. The normalized spacial score (nSPS) is 11.5. The van der Waals surface area contributed by atoms with Gasteiger partial charge in [0.1, 0.15) is 11.8 Å². The van der Waals surface area contributed by atoms with Crippen molar-refractivity contribution in [3.05, 3.63) is 24.0 Å². The number of pyridine rings is 1. The third-order valence-electron chi connectivity index (χ3n) is 2.21. The Labute approximate surface area is 93.7 Å². The van der Waals surface area contributed by atoms with E-state index in [2.05, 4.69) is 10.3 Å². The molecule has 0 fully saturated rings. The fraction of sp³-hybridized carbons (Fsp3) is 0.364. The molecule has 0 bridgehead atoms. The van der Waals surface area contributed by atoms with Gasteiger partial charge in [0.2, 0.25) is 0 Å². The Hall–Kier alpha value is -2.09. The van der Waals surface area contributed by atoms with Gasteiger partial charge in [0, 0.05) is 6.54 Å². The van der Waals surface area contributed by atoms with Crippen molar-refractivity contribution in [2.75, 3.05) is 11.9 Å². The molecular formula is C11H13N3O2. The molecule has 0 aliphatic carbocycles. The number of nitrogens with zero attached hydrogens (tertiary/aromatic N) is 2. The van der Waals surface area contributed by atoms with Crippen molar-refractivity contribution < 1.29 is 9.90 Å². The molecule has 2 N–H and O–H groups in total. The highest BCUT2D eigenvalue weighted by molar-refractivity contribution is 5.69. The van der Waals surface area contributed by atoms with Gasteiger partial charge in [-0.1, -0.05) is 6.92 Å². The van der Waals surface area contributed by atoms with Gasteiger partial charge in [0.25, 0.3) is 0 Å². The van der Waals surface area contributed by atoms with Gasteiger partial charge < -0.3 is 10.4 Å². The molecule has 5 heteroatoms. The van der Waals surface area contributed by atoms with E-state index in [1.54, 1.807) is 25.3 Å². The van der Waals surface area contributed by atoms with Crippen LogP contribution in [0.1, 0.15) is 19.0 Å². The first-order chi connectivity index (χ1) is 7.63. The van der Waals surface area contributed by atoms with E-state index in [0.717, 1.165) is 5.69 Å². The van der Waals surface area contributed by atoms with Crippen molar-refractivity contribution >= 4 is 11.7 Å². The predicted octanol–water partition coefficient (Wildman–Crippen LogP) is 1.48. The highest BCUT2D eigenvalue weighted by atomic mass is 16.4. The minimum absolute atomic E-state index is 0.362. The van der Waals surface area contributed by atoms with Crippen molar-refractivity contribution in [1.82, 2.24) is 4.98 Å². The fourth-order valence-electron chi connectivity index (χ4n) is 1.12. The van der Waals surface area contributed by atoms with Gasteiger partial charge in [0.15, 0.2) is 0 Å². The van der Waals surface area contributed by atoms with Crippen molar-refractivity contribution in [2.24, 2.45) is 5.92 Å². The highest BCUT2D eigenvalue weighted by Gasteiger charge is 2.09. The van der Waals surface area contributed by atoms with Crippen molar-refractivity contribution in [1.29, 1.82) is 5.26 Å². The number of aliphatic carboxylic acids is 1. The number of carbonyl (C=O) groups is 1. The maximum absolute atomic E-state index is 10.5. The molecule has 0 saturated carbocycles. The van der Waals surface area contributed by atoms with Crippen LogP contribution >= 0.6 is 0 Å². The summed E-state index contributed by atoms with van der Waals surface area (Å²) in [6.45, 7) is 2.24. The van der Waals surface area contributed by atoms with Crippen LogP contribution in [0.4, 0.5) is 5.69 Å². The Kier molecular flexibility index (Phi) is 4.28. The monoisotopic (exact) mass is 219 g/mol. The Morgan fingerprint density at radius 2 is 2.44 bits per heavy atom. The lowest BCUT2D eigenvalue weighted by molar-refractivity contribution is -0.141. The smallest absolute Gasteiger partial charge is 0.306 e. The molecule has 0 aliphatic heterocycles. The van der Waals surface area contributed by atoms with E-state index in [9.17, 15) is 4.79 Å². The van der Waals surface area contributed by atoms with Crippen LogP contribution in [0, 0.1) is 17.2 Å². The van der Waals surface area contributed by atoms with E-state index in [1.165, 1.54) is 0 Å². The molecule has 5 nitrogen and oxygen atoms in total. The second-order valence-electron chi connectivity index (χ2n) is 3.50. The fourth-order valence-corrected chi connectivity index (χ4v) is 1.12. The number of anilines is 1. The molecule has 1 aromatic heterocycles. The minimum atomic E-state index is -0.792. The summed E-state index contributed by atoms with van der Waals surface area (Å²) in [4.78, 5) is 14.4. The van der Waals surface area contributed by atoms with E-state index in [0.29, 0.717) is 18.7 Å². The van der Waals surface area contributed by atoms with Gasteiger partial charge >= 0.3 is 5.97 Å². The van der Waals surface area contributed by atoms with Gasteiger partial charge in [-0.2, -0.15) is 5.26 Å². The summed E-state index contributed by atoms with van der Waals surface area (Å²) in [6.07, 6.45) is 2.11. The number of hydrogen-bond donors (Lipinski definition) is 2. The lowest BCUT2D eigenvalue weighted by atomic mass is 10.1. The number of nitrogens with one attached hydrogen (secondary N) is 1. The molecule has 0 amide bonds. The number of hydrogen-bond acceptors (Lipinski definition) is 4. The van der Waals surface area contributed by atoms with E-state index < -0.39 is 5.97 Å². The zero-order chi connectivity index (χ0) is 12.0. The first-order valence-corrected chi connectivity index (χ1v) is 4.96. The average Bonchev–Trinajstić information content (AvgIpc) is 2.29. The maximum atomic E-state index is 10.5. The van der Waals surface area contributed by atoms with Crippen LogP contribution in [0.5, 0.6) is 0 Å². The molecule has 1 unspecified atom stereocenters. The molecule has 0 saturated heterocycles. The standard InChI is InChI=1S/C11H13N3O2/c1-8(11(15)16)4-5-13-10-3-2-9(6-12)14-7-10/h2-3,7-8,13H,4-5H2,1H3,(H,15,16). The number of aromatic nitrogens is 1. The van der Waals surface area contributed by atoms with Crippen LogP contribution < -0.4 is 5.32 Å². The molecule has 0 aliphatic rings. The molecule has 1 rings (SSSR count). The summed E-state index contributed by atoms with van der Waals surface area (Å²) < 4.78 is 0. The van der Waals surface area contributed by atoms with E-state index >= 15 is 0 Å². The first-order valence-electron chi connectivity index (χ1n) is 4.96. The third kappa shape index (κ3) is 3.58. The Morgan fingerprint density at radius 3 is 2.94 bits per heavy atom. The van der Waals surface area contributed by atoms with Crippen LogP contribution in [0.2, 0.25) is 0 Å². The summed E-state index contributed by atoms with van der Waals surface area (Å²) >= 11 is 0. The zero-order valence-electron chi connectivity index (χ0n) is 8.97. The van der Waals surface area contributed by atoms with Crippen LogP contribution in [0.25, 0.3) is 0 Å². The summed E-state index contributed by atoms with van der Waals surface area (Å²) in [7, 11) is 0. The largest absolute Gasteiger partial charge is 0.481 e. The Bertz CT molecular complexity index is 395. The van der Waals surface area contributed by atoms with Gasteiger partial charge in [-0.15, -0.1) is 0 Å². The molecule has 0 radical (unpaired) electrons. The zero-order valence-corrected chi connectivity index (χ0v) is 8.97. The van der Waals surface area contributed by atoms with E-state index in [1.807, 2.05) is 6.07 Å². The molecule has 1 heterocycles. The third-order valence-corrected chi connectivity index (χ3v) is 2.21. The van der Waals surface area contributed by atoms with E-state index in [4.69, 9.17) is 10.4 Å². The number of carboxylic acids is 1. The summed E-state index contributed by atoms with van der Waals surface area (Å²) in [5.74, 6) is -1.15. The molecule has 0 spiro atoms. The second kappa shape index (κ2) is 5.71. The Balaban J connectivity index is 2.38. The highest BCUT2D eigenvalue weighted by Crippen LogP contribution is 2.07. The molecule has 16 heavy (non-hydrogen) atoms. The lowest BCUT2D eigenvalue weighted by Crippen LogP contribution is -2.14. The topological polar surface area (TPSA) is 86.0 Å². The summed E-state index contributed by atoms with van der Waals surface area (Å²) in [5.41, 5.74) is 1.15. The molecule has 1 aromatic rings. The van der Waals surface area contributed by atoms with Crippen LogP contribution in [0.15, 0.2) is 18.3 Å². The second-order valence-corrected chi connectivity index (χ2v) is 3.50. The van der Waals surface area contributed by atoms with Crippen molar-refractivity contribution in [2.45, 2.75) is 13.3 Å². The number of rotatable bonds is 5. The maximum Gasteiger partial charge on any atom is 0.306 e. The molecular weight excluding hydrogens is 206 g/mol.